The Kier molecular flexibility index (Phi) is 4.91. The Morgan fingerprint density at radius 2 is 2.41 bits per heavy atom. The highest BCUT2D eigenvalue weighted by atomic mass is 79.9. The van der Waals surface area contributed by atoms with Crippen molar-refractivity contribution in [3.8, 4) is 0 Å². The van der Waals surface area contributed by atoms with Crippen molar-refractivity contribution in [3.05, 3.63) is 34.3 Å². The van der Waals surface area contributed by atoms with E-state index in [1.807, 2.05) is 36.0 Å². The third-order valence-electron chi connectivity index (χ3n) is 3.22. The van der Waals surface area contributed by atoms with Gasteiger partial charge in [0.1, 0.15) is 0 Å². The first-order chi connectivity index (χ1) is 8.16. The normalized spacial score (nSPS) is 22.0. The van der Waals surface area contributed by atoms with Crippen molar-refractivity contribution in [1.29, 1.82) is 0 Å². The Morgan fingerprint density at radius 3 is 3.06 bits per heavy atom. The van der Waals surface area contributed by atoms with Gasteiger partial charge in [0, 0.05) is 22.8 Å². The van der Waals surface area contributed by atoms with Crippen molar-refractivity contribution < 1.29 is 5.11 Å². The van der Waals surface area contributed by atoms with Crippen LogP contribution in [0.4, 0.5) is 0 Å². The van der Waals surface area contributed by atoms with Gasteiger partial charge in [-0.25, -0.2) is 0 Å². The number of likely N-dealkylation sites (N-methyl/N-ethyl adjacent to an activating group) is 1. The maximum atomic E-state index is 10.2. The summed E-state index contributed by atoms with van der Waals surface area (Å²) >= 11 is 5.44. The maximum absolute atomic E-state index is 10.2. The van der Waals surface area contributed by atoms with E-state index in [9.17, 15) is 5.11 Å². The summed E-state index contributed by atoms with van der Waals surface area (Å²) in [7, 11) is 2.11. The van der Waals surface area contributed by atoms with E-state index >= 15 is 0 Å². The molecule has 1 fully saturated rings. The molecule has 2 atom stereocenters. The smallest absolute Gasteiger partial charge is 0.0917 e. The molecule has 4 heteroatoms. The van der Waals surface area contributed by atoms with Gasteiger partial charge in [-0.2, -0.15) is 11.8 Å². The number of hydrogen-bond acceptors (Lipinski definition) is 3. The molecular formula is C13H18BrNOS. The average Bonchev–Trinajstić information content (AvgIpc) is 2.82. The fourth-order valence-electron chi connectivity index (χ4n) is 2.11. The summed E-state index contributed by atoms with van der Waals surface area (Å²) < 4.78 is 1.02. The lowest BCUT2D eigenvalue weighted by atomic mass is 10.1. The van der Waals surface area contributed by atoms with E-state index in [0.29, 0.717) is 12.6 Å². The second-order valence-corrected chi connectivity index (χ2v) is 6.59. The van der Waals surface area contributed by atoms with E-state index in [2.05, 4.69) is 27.9 Å². The minimum absolute atomic E-state index is 0.400. The van der Waals surface area contributed by atoms with Crippen LogP contribution in [0, 0.1) is 0 Å². The summed E-state index contributed by atoms with van der Waals surface area (Å²) in [6.07, 6.45) is 0.843. The summed E-state index contributed by atoms with van der Waals surface area (Å²) in [4.78, 5) is 2.28. The van der Waals surface area contributed by atoms with Crippen molar-refractivity contribution in [2.24, 2.45) is 0 Å². The van der Waals surface area contributed by atoms with Crippen LogP contribution in [0.2, 0.25) is 0 Å². The fraction of sp³-hybridized carbons (Fsp3) is 0.538. The van der Waals surface area contributed by atoms with E-state index in [0.717, 1.165) is 10.0 Å². The SMILES string of the molecule is CN(CC(O)c1cccc(Br)c1)C1CCSC1. The lowest BCUT2D eigenvalue weighted by molar-refractivity contribution is 0.110. The molecule has 94 valence electrons. The van der Waals surface area contributed by atoms with Crippen molar-refractivity contribution in [2.75, 3.05) is 25.1 Å². The van der Waals surface area contributed by atoms with Crippen LogP contribution in [0.5, 0.6) is 0 Å². The summed E-state index contributed by atoms with van der Waals surface area (Å²) in [6.45, 7) is 0.710. The predicted octanol–water partition coefficient (Wildman–Crippen LogP) is 2.92. The van der Waals surface area contributed by atoms with Gasteiger partial charge in [0.25, 0.3) is 0 Å². The van der Waals surface area contributed by atoms with Gasteiger partial charge in [0.2, 0.25) is 0 Å². The van der Waals surface area contributed by atoms with Crippen molar-refractivity contribution in [2.45, 2.75) is 18.6 Å². The van der Waals surface area contributed by atoms with Gasteiger partial charge in [0.15, 0.2) is 0 Å². The monoisotopic (exact) mass is 315 g/mol. The van der Waals surface area contributed by atoms with Crippen molar-refractivity contribution in [3.63, 3.8) is 0 Å². The lowest BCUT2D eigenvalue weighted by Crippen LogP contribution is -2.34. The van der Waals surface area contributed by atoms with E-state index in [1.165, 1.54) is 17.9 Å². The van der Waals surface area contributed by atoms with E-state index in [1.54, 1.807) is 0 Å². The van der Waals surface area contributed by atoms with Crippen LogP contribution in [0.3, 0.4) is 0 Å². The third-order valence-corrected chi connectivity index (χ3v) is 4.86. The molecule has 2 rings (SSSR count). The first kappa shape index (κ1) is 13.4. The molecule has 0 radical (unpaired) electrons. The van der Waals surface area contributed by atoms with Crippen LogP contribution >= 0.6 is 27.7 Å². The van der Waals surface area contributed by atoms with Gasteiger partial charge < -0.3 is 5.11 Å². The molecule has 0 saturated carbocycles. The van der Waals surface area contributed by atoms with Gasteiger partial charge in [-0.05, 0) is 36.9 Å². The molecule has 0 bridgehead atoms. The molecular weight excluding hydrogens is 298 g/mol. The topological polar surface area (TPSA) is 23.5 Å². The average molecular weight is 316 g/mol. The number of nitrogens with zero attached hydrogens (tertiary/aromatic N) is 1. The first-order valence-electron chi connectivity index (χ1n) is 5.88. The molecule has 2 unspecified atom stereocenters. The molecule has 17 heavy (non-hydrogen) atoms. The summed E-state index contributed by atoms with van der Waals surface area (Å²) in [5.41, 5.74) is 0.983. The van der Waals surface area contributed by atoms with Crippen molar-refractivity contribution in [1.82, 2.24) is 4.90 Å². The van der Waals surface area contributed by atoms with Gasteiger partial charge in [-0.1, -0.05) is 28.1 Å². The minimum Gasteiger partial charge on any atom is -0.387 e. The lowest BCUT2D eigenvalue weighted by Gasteiger charge is -2.26. The number of aliphatic hydroxyl groups is 1. The number of thioether (sulfide) groups is 1. The Bertz CT molecular complexity index is 368. The van der Waals surface area contributed by atoms with E-state index in [-0.39, 0.29) is 0 Å². The minimum atomic E-state index is -0.400. The Balaban J connectivity index is 1.93. The quantitative estimate of drug-likeness (QED) is 0.924. The fourth-order valence-corrected chi connectivity index (χ4v) is 3.83. The first-order valence-corrected chi connectivity index (χ1v) is 7.83. The number of rotatable bonds is 4. The number of hydrogen-bond donors (Lipinski definition) is 1. The van der Waals surface area contributed by atoms with Gasteiger partial charge >= 0.3 is 0 Å². The number of benzene rings is 1. The molecule has 1 aliphatic heterocycles. The highest BCUT2D eigenvalue weighted by Crippen LogP contribution is 2.24. The Labute approximate surface area is 116 Å². The van der Waals surface area contributed by atoms with Crippen LogP contribution in [-0.4, -0.2) is 41.1 Å². The van der Waals surface area contributed by atoms with E-state index in [4.69, 9.17) is 0 Å². The molecule has 0 amide bonds. The van der Waals surface area contributed by atoms with Gasteiger partial charge in [-0.15, -0.1) is 0 Å². The van der Waals surface area contributed by atoms with Gasteiger partial charge in [-0.3, -0.25) is 4.90 Å². The second-order valence-electron chi connectivity index (χ2n) is 4.53. The molecule has 2 nitrogen and oxygen atoms in total. The van der Waals surface area contributed by atoms with Gasteiger partial charge in [0.05, 0.1) is 6.10 Å². The molecule has 0 aromatic heterocycles. The maximum Gasteiger partial charge on any atom is 0.0917 e. The molecule has 1 aliphatic rings. The zero-order valence-corrected chi connectivity index (χ0v) is 12.4. The largest absolute Gasteiger partial charge is 0.387 e. The highest BCUT2D eigenvalue weighted by Gasteiger charge is 2.22. The Hall–Kier alpha value is -0.0300. The number of aliphatic hydroxyl groups excluding tert-OH is 1. The molecule has 1 aromatic carbocycles. The van der Waals surface area contributed by atoms with Crippen LogP contribution in [-0.2, 0) is 0 Å². The molecule has 1 aromatic rings. The molecule has 1 N–H and O–H groups in total. The predicted molar refractivity (Wildman–Crippen MR) is 77.5 cm³/mol. The molecule has 0 aliphatic carbocycles. The highest BCUT2D eigenvalue weighted by molar-refractivity contribution is 9.10. The van der Waals surface area contributed by atoms with E-state index < -0.39 is 6.10 Å². The zero-order chi connectivity index (χ0) is 12.3. The molecule has 0 spiro atoms. The second kappa shape index (κ2) is 6.23. The van der Waals surface area contributed by atoms with Crippen LogP contribution in [0.15, 0.2) is 28.7 Å². The third kappa shape index (κ3) is 3.71. The number of halogens is 1. The summed E-state index contributed by atoms with van der Waals surface area (Å²) in [5, 5.41) is 10.2. The molecule has 1 heterocycles. The molecule has 1 saturated heterocycles. The zero-order valence-electron chi connectivity index (χ0n) is 9.97. The summed E-state index contributed by atoms with van der Waals surface area (Å²) in [6, 6.07) is 8.54. The van der Waals surface area contributed by atoms with Crippen LogP contribution in [0.1, 0.15) is 18.1 Å². The standard InChI is InChI=1S/C13H18BrNOS/c1-15(12-5-6-17-9-12)8-13(16)10-3-2-4-11(14)7-10/h2-4,7,12-13,16H,5-6,8-9H2,1H3. The van der Waals surface area contributed by atoms with Crippen LogP contribution < -0.4 is 0 Å². The Morgan fingerprint density at radius 1 is 1.59 bits per heavy atom. The summed E-state index contributed by atoms with van der Waals surface area (Å²) in [5.74, 6) is 2.45. The van der Waals surface area contributed by atoms with Crippen molar-refractivity contribution >= 4 is 27.7 Å². The van der Waals surface area contributed by atoms with Crippen LogP contribution in [0.25, 0.3) is 0 Å².